The molecule has 90 valence electrons. The summed E-state index contributed by atoms with van der Waals surface area (Å²) in [7, 11) is 0. The number of nitrogens with zero attached hydrogens (tertiary/aromatic N) is 1. The average molecular weight is 221 g/mol. The summed E-state index contributed by atoms with van der Waals surface area (Å²) in [5, 5.41) is 6.86. The number of aryl methyl sites for hydroxylation is 1. The van der Waals surface area contributed by atoms with Gasteiger partial charge in [-0.25, -0.2) is 0 Å². The third-order valence-electron chi connectivity index (χ3n) is 2.42. The number of rotatable bonds is 5. The third kappa shape index (κ3) is 5.24. The Labute approximate surface area is 98.7 Å². The van der Waals surface area contributed by atoms with Crippen LogP contribution in [0, 0.1) is 6.92 Å². The number of nitrogens with one attached hydrogen (secondary N) is 2. The summed E-state index contributed by atoms with van der Waals surface area (Å²) in [6, 6.07) is 2.05. The van der Waals surface area contributed by atoms with E-state index in [4.69, 9.17) is 0 Å². The van der Waals surface area contributed by atoms with Gasteiger partial charge in [0.15, 0.2) is 0 Å². The molecular weight excluding hydrogens is 198 g/mol. The fraction of sp³-hybridized carbons (Fsp3) is 0.615. The Bertz CT molecular complexity index is 315. The van der Waals surface area contributed by atoms with Crippen molar-refractivity contribution in [1.29, 1.82) is 0 Å². The molecule has 0 saturated heterocycles. The standard InChI is InChI=1S/C13H23N3/c1-11-5-6-14-9-12(11)10-15-7-8-16-13(2,3)4/h5-6,9,15-16H,7-8,10H2,1-4H3. The van der Waals surface area contributed by atoms with Crippen LogP contribution in [0.4, 0.5) is 0 Å². The van der Waals surface area contributed by atoms with Gasteiger partial charge in [0.1, 0.15) is 0 Å². The fourth-order valence-corrected chi connectivity index (χ4v) is 1.43. The molecule has 1 aromatic rings. The van der Waals surface area contributed by atoms with Gasteiger partial charge in [-0.2, -0.15) is 0 Å². The van der Waals surface area contributed by atoms with Crippen molar-refractivity contribution in [3.8, 4) is 0 Å². The molecule has 1 aromatic heterocycles. The van der Waals surface area contributed by atoms with Gasteiger partial charge in [-0.15, -0.1) is 0 Å². The smallest absolute Gasteiger partial charge is 0.0315 e. The second-order valence-corrected chi connectivity index (χ2v) is 5.16. The van der Waals surface area contributed by atoms with Gasteiger partial charge in [0.2, 0.25) is 0 Å². The molecule has 0 radical (unpaired) electrons. The summed E-state index contributed by atoms with van der Waals surface area (Å²) in [5.41, 5.74) is 2.77. The second kappa shape index (κ2) is 5.97. The number of pyridine rings is 1. The number of hydrogen-bond donors (Lipinski definition) is 2. The molecule has 2 N–H and O–H groups in total. The van der Waals surface area contributed by atoms with Crippen LogP contribution in [0.25, 0.3) is 0 Å². The highest BCUT2D eigenvalue weighted by molar-refractivity contribution is 5.20. The highest BCUT2D eigenvalue weighted by Crippen LogP contribution is 2.03. The maximum atomic E-state index is 4.13. The molecule has 16 heavy (non-hydrogen) atoms. The first kappa shape index (κ1) is 13.1. The van der Waals surface area contributed by atoms with E-state index in [9.17, 15) is 0 Å². The van der Waals surface area contributed by atoms with Crippen molar-refractivity contribution in [2.45, 2.75) is 39.8 Å². The van der Waals surface area contributed by atoms with Crippen molar-refractivity contribution in [3.63, 3.8) is 0 Å². The van der Waals surface area contributed by atoms with Crippen molar-refractivity contribution in [2.24, 2.45) is 0 Å². The molecular formula is C13H23N3. The summed E-state index contributed by atoms with van der Waals surface area (Å²) in [4.78, 5) is 4.13. The van der Waals surface area contributed by atoms with Gasteiger partial charge in [-0.05, 0) is 44.9 Å². The van der Waals surface area contributed by atoms with Gasteiger partial charge >= 0.3 is 0 Å². The Kier molecular flexibility index (Phi) is 4.90. The van der Waals surface area contributed by atoms with Crippen LogP contribution in [0.15, 0.2) is 18.5 Å². The Hall–Kier alpha value is -0.930. The minimum Gasteiger partial charge on any atom is -0.311 e. The van der Waals surface area contributed by atoms with Crippen molar-refractivity contribution in [1.82, 2.24) is 15.6 Å². The zero-order valence-corrected chi connectivity index (χ0v) is 10.8. The lowest BCUT2D eigenvalue weighted by atomic mass is 10.1. The van der Waals surface area contributed by atoms with Crippen LogP contribution >= 0.6 is 0 Å². The van der Waals surface area contributed by atoms with Gasteiger partial charge < -0.3 is 10.6 Å². The van der Waals surface area contributed by atoms with Gasteiger partial charge in [-0.3, -0.25) is 4.98 Å². The fourth-order valence-electron chi connectivity index (χ4n) is 1.43. The van der Waals surface area contributed by atoms with Gasteiger partial charge in [0.25, 0.3) is 0 Å². The predicted octanol–water partition coefficient (Wildman–Crippen LogP) is 1.87. The van der Waals surface area contributed by atoms with Crippen LogP contribution in [0.2, 0.25) is 0 Å². The lowest BCUT2D eigenvalue weighted by Crippen LogP contribution is -2.40. The lowest BCUT2D eigenvalue weighted by molar-refractivity contribution is 0.421. The zero-order chi connectivity index (χ0) is 12.0. The van der Waals surface area contributed by atoms with E-state index in [-0.39, 0.29) is 5.54 Å². The first-order chi connectivity index (χ1) is 7.49. The van der Waals surface area contributed by atoms with E-state index in [0.717, 1.165) is 19.6 Å². The third-order valence-corrected chi connectivity index (χ3v) is 2.42. The molecule has 0 bridgehead atoms. The molecule has 1 heterocycles. The van der Waals surface area contributed by atoms with Crippen LogP contribution in [0.5, 0.6) is 0 Å². The molecule has 0 aliphatic heterocycles. The topological polar surface area (TPSA) is 37.0 Å². The first-order valence-corrected chi connectivity index (χ1v) is 5.84. The largest absolute Gasteiger partial charge is 0.311 e. The molecule has 0 amide bonds. The molecule has 0 unspecified atom stereocenters. The van der Waals surface area contributed by atoms with E-state index in [1.54, 1.807) is 0 Å². The average Bonchev–Trinajstić information content (AvgIpc) is 2.18. The SMILES string of the molecule is Cc1ccncc1CNCCNC(C)(C)C. The van der Waals surface area contributed by atoms with Crippen LogP contribution in [-0.2, 0) is 6.54 Å². The Morgan fingerprint density at radius 3 is 2.62 bits per heavy atom. The Morgan fingerprint density at radius 1 is 1.25 bits per heavy atom. The summed E-state index contributed by atoms with van der Waals surface area (Å²) in [6.07, 6.45) is 3.76. The van der Waals surface area contributed by atoms with Crippen molar-refractivity contribution < 1.29 is 0 Å². The second-order valence-electron chi connectivity index (χ2n) is 5.16. The minimum atomic E-state index is 0.200. The molecule has 0 aliphatic rings. The molecule has 0 aromatic carbocycles. The maximum Gasteiger partial charge on any atom is 0.0315 e. The molecule has 0 aliphatic carbocycles. The highest BCUT2D eigenvalue weighted by atomic mass is 15.0. The summed E-state index contributed by atoms with van der Waals surface area (Å²) in [6.45, 7) is 11.5. The molecule has 1 rings (SSSR count). The Balaban J connectivity index is 2.19. The summed E-state index contributed by atoms with van der Waals surface area (Å²) < 4.78 is 0. The van der Waals surface area contributed by atoms with Crippen molar-refractivity contribution in [2.75, 3.05) is 13.1 Å². The van der Waals surface area contributed by atoms with Crippen molar-refractivity contribution >= 4 is 0 Å². The Morgan fingerprint density at radius 2 is 2.00 bits per heavy atom. The minimum absolute atomic E-state index is 0.200. The van der Waals surface area contributed by atoms with Crippen LogP contribution < -0.4 is 10.6 Å². The molecule has 0 fully saturated rings. The van der Waals surface area contributed by atoms with Gasteiger partial charge in [-0.1, -0.05) is 0 Å². The monoisotopic (exact) mass is 221 g/mol. The predicted molar refractivity (Wildman–Crippen MR) is 68.4 cm³/mol. The summed E-state index contributed by atoms with van der Waals surface area (Å²) in [5.74, 6) is 0. The molecule has 0 atom stereocenters. The van der Waals surface area contributed by atoms with E-state index in [0.29, 0.717) is 0 Å². The van der Waals surface area contributed by atoms with E-state index in [1.165, 1.54) is 11.1 Å². The summed E-state index contributed by atoms with van der Waals surface area (Å²) >= 11 is 0. The van der Waals surface area contributed by atoms with E-state index < -0.39 is 0 Å². The van der Waals surface area contributed by atoms with Gasteiger partial charge in [0, 0.05) is 37.6 Å². The lowest BCUT2D eigenvalue weighted by Gasteiger charge is -2.20. The van der Waals surface area contributed by atoms with Gasteiger partial charge in [0.05, 0.1) is 0 Å². The zero-order valence-electron chi connectivity index (χ0n) is 10.8. The first-order valence-electron chi connectivity index (χ1n) is 5.84. The maximum absolute atomic E-state index is 4.13. The quantitative estimate of drug-likeness (QED) is 0.745. The molecule has 3 nitrogen and oxygen atoms in total. The number of hydrogen-bond acceptors (Lipinski definition) is 3. The van der Waals surface area contributed by atoms with Crippen LogP contribution in [-0.4, -0.2) is 23.6 Å². The van der Waals surface area contributed by atoms with Crippen LogP contribution in [0.3, 0.4) is 0 Å². The van der Waals surface area contributed by atoms with E-state index in [1.807, 2.05) is 18.5 Å². The molecule has 3 heteroatoms. The van der Waals surface area contributed by atoms with Crippen molar-refractivity contribution in [3.05, 3.63) is 29.6 Å². The van der Waals surface area contributed by atoms with E-state index >= 15 is 0 Å². The number of aromatic nitrogens is 1. The van der Waals surface area contributed by atoms with Crippen LogP contribution in [0.1, 0.15) is 31.9 Å². The highest BCUT2D eigenvalue weighted by Gasteiger charge is 2.06. The van der Waals surface area contributed by atoms with E-state index in [2.05, 4.69) is 43.3 Å². The molecule has 0 spiro atoms. The molecule has 0 saturated carbocycles. The normalized spacial score (nSPS) is 11.8.